The zero-order chi connectivity index (χ0) is 13.8. The van der Waals surface area contributed by atoms with Crippen LogP contribution in [0.25, 0.3) is 0 Å². The van der Waals surface area contributed by atoms with Crippen molar-refractivity contribution in [2.24, 2.45) is 10.4 Å². The molecule has 4 heteroatoms. The van der Waals surface area contributed by atoms with Crippen LogP contribution in [0.5, 0.6) is 0 Å². The van der Waals surface area contributed by atoms with E-state index in [1.165, 1.54) is 12.3 Å². The fourth-order valence-electron chi connectivity index (χ4n) is 1.49. The molecule has 1 rings (SSSR count). The minimum Gasteiger partial charge on any atom is -0.287 e. The van der Waals surface area contributed by atoms with Gasteiger partial charge < -0.3 is 0 Å². The lowest BCUT2D eigenvalue weighted by Gasteiger charge is -2.17. The lowest BCUT2D eigenvalue weighted by Crippen LogP contribution is -2.13. The third-order valence-electron chi connectivity index (χ3n) is 2.18. The highest BCUT2D eigenvalue weighted by molar-refractivity contribution is 7.80. The van der Waals surface area contributed by atoms with Gasteiger partial charge in [0.05, 0.1) is 6.54 Å². The van der Waals surface area contributed by atoms with E-state index < -0.39 is 11.6 Å². The Morgan fingerprint density at radius 2 is 1.94 bits per heavy atom. The van der Waals surface area contributed by atoms with Gasteiger partial charge >= 0.3 is 0 Å². The normalized spacial score (nSPS) is 12.1. The Hall–Kier alpha value is -1.16. The molecular formula is C14H17F2NS. The molecule has 98 valence electrons. The molecule has 0 saturated carbocycles. The van der Waals surface area contributed by atoms with Crippen LogP contribution in [0, 0.1) is 17.0 Å². The van der Waals surface area contributed by atoms with Gasteiger partial charge in [-0.2, -0.15) is 0 Å². The Labute approximate surface area is 112 Å². The molecule has 0 heterocycles. The molecule has 0 bridgehead atoms. The molecule has 1 aromatic carbocycles. The highest BCUT2D eigenvalue weighted by Gasteiger charge is 2.12. The van der Waals surface area contributed by atoms with E-state index >= 15 is 0 Å². The lowest BCUT2D eigenvalue weighted by molar-refractivity contribution is 0.435. The molecule has 18 heavy (non-hydrogen) atoms. The van der Waals surface area contributed by atoms with Crippen LogP contribution in [0.2, 0.25) is 0 Å². The fourth-order valence-corrected chi connectivity index (χ4v) is 2.00. The molecule has 0 radical (unpaired) electrons. The molecule has 0 spiro atoms. The van der Waals surface area contributed by atoms with Crippen molar-refractivity contribution in [3.8, 4) is 0 Å². The molecule has 0 aliphatic carbocycles. The quantitative estimate of drug-likeness (QED) is 0.589. The predicted molar refractivity (Wildman–Crippen MR) is 75.5 cm³/mol. The summed E-state index contributed by atoms with van der Waals surface area (Å²) in [6, 6.07) is 3.69. The lowest BCUT2D eigenvalue weighted by atomic mass is 9.90. The summed E-state index contributed by atoms with van der Waals surface area (Å²) in [5.74, 6) is -1.72. The molecule has 0 atom stereocenters. The van der Waals surface area contributed by atoms with Crippen LogP contribution in [-0.2, 0) is 0 Å². The van der Waals surface area contributed by atoms with Gasteiger partial charge in [-0.3, -0.25) is 4.99 Å². The first-order valence-corrected chi connectivity index (χ1v) is 6.15. The number of thiocarbonyl (C=S) groups is 1. The van der Waals surface area contributed by atoms with Gasteiger partial charge in [-0.1, -0.05) is 39.1 Å². The predicted octanol–water partition coefficient (Wildman–Crippen LogP) is 4.19. The summed E-state index contributed by atoms with van der Waals surface area (Å²) in [4.78, 5) is 5.00. The zero-order valence-corrected chi connectivity index (χ0v) is 11.7. The van der Waals surface area contributed by atoms with Crippen molar-refractivity contribution in [2.75, 3.05) is 6.54 Å². The Morgan fingerprint density at radius 1 is 1.28 bits per heavy atom. The van der Waals surface area contributed by atoms with Crippen LogP contribution in [0.1, 0.15) is 32.8 Å². The van der Waals surface area contributed by atoms with Gasteiger partial charge in [-0.25, -0.2) is 8.78 Å². The maximum absolute atomic E-state index is 12.9. The van der Waals surface area contributed by atoms with Gasteiger partial charge in [-0.05, 0) is 29.5 Å². The van der Waals surface area contributed by atoms with E-state index in [2.05, 4.69) is 25.8 Å². The average Bonchev–Trinajstić information content (AvgIpc) is 2.20. The molecule has 0 amide bonds. The average molecular weight is 269 g/mol. The van der Waals surface area contributed by atoms with Gasteiger partial charge in [0.2, 0.25) is 0 Å². The standard InChI is InChI=1S/C14H17F2NS/c1-14(2,3)7-11(18)9-17-8-10-4-5-12(15)13(16)6-10/h4-6,8H,7,9H2,1-3H3. The summed E-state index contributed by atoms with van der Waals surface area (Å²) in [7, 11) is 0. The summed E-state index contributed by atoms with van der Waals surface area (Å²) in [6.45, 7) is 6.76. The molecule has 0 fully saturated rings. The van der Waals surface area contributed by atoms with Crippen LogP contribution in [0.15, 0.2) is 23.2 Å². The van der Waals surface area contributed by atoms with Crippen molar-refractivity contribution >= 4 is 23.3 Å². The molecule has 0 unspecified atom stereocenters. The topological polar surface area (TPSA) is 12.4 Å². The second-order valence-corrected chi connectivity index (χ2v) is 6.00. The summed E-state index contributed by atoms with van der Waals surface area (Å²) in [6.07, 6.45) is 2.33. The Bertz CT molecular complexity index is 461. The number of hydrogen-bond acceptors (Lipinski definition) is 2. The number of halogens is 2. The van der Waals surface area contributed by atoms with Crippen LogP contribution < -0.4 is 0 Å². The minimum atomic E-state index is -0.865. The molecule has 1 aromatic rings. The van der Waals surface area contributed by atoms with Crippen LogP contribution >= 0.6 is 12.2 Å². The maximum Gasteiger partial charge on any atom is 0.159 e. The molecular weight excluding hydrogens is 252 g/mol. The molecule has 0 aliphatic heterocycles. The van der Waals surface area contributed by atoms with E-state index in [-0.39, 0.29) is 5.41 Å². The van der Waals surface area contributed by atoms with Gasteiger partial charge in [0.15, 0.2) is 11.6 Å². The van der Waals surface area contributed by atoms with Crippen molar-refractivity contribution in [1.29, 1.82) is 0 Å². The number of hydrogen-bond donors (Lipinski definition) is 0. The molecule has 0 saturated heterocycles. The second-order valence-electron chi connectivity index (χ2n) is 5.42. The molecule has 1 nitrogen and oxygen atoms in total. The fraction of sp³-hybridized carbons (Fsp3) is 0.429. The first kappa shape index (κ1) is 14.9. The van der Waals surface area contributed by atoms with Crippen LogP contribution in [-0.4, -0.2) is 17.6 Å². The minimum absolute atomic E-state index is 0.147. The third kappa shape index (κ3) is 5.45. The third-order valence-corrected chi connectivity index (χ3v) is 2.45. The van der Waals surface area contributed by atoms with Gasteiger partial charge in [0, 0.05) is 11.1 Å². The van der Waals surface area contributed by atoms with E-state index in [4.69, 9.17) is 12.2 Å². The first-order chi connectivity index (χ1) is 8.28. The van der Waals surface area contributed by atoms with Crippen molar-refractivity contribution in [3.63, 3.8) is 0 Å². The van der Waals surface area contributed by atoms with E-state index in [0.29, 0.717) is 12.1 Å². The Balaban J connectivity index is 2.55. The molecule has 0 aliphatic rings. The zero-order valence-electron chi connectivity index (χ0n) is 10.8. The number of rotatable bonds is 4. The first-order valence-electron chi connectivity index (χ1n) is 5.74. The van der Waals surface area contributed by atoms with Crippen molar-refractivity contribution in [3.05, 3.63) is 35.4 Å². The highest BCUT2D eigenvalue weighted by Crippen LogP contribution is 2.19. The summed E-state index contributed by atoms with van der Waals surface area (Å²) in [5.41, 5.74) is 0.682. The van der Waals surface area contributed by atoms with Gasteiger partial charge in [0.1, 0.15) is 0 Å². The van der Waals surface area contributed by atoms with E-state index in [1.807, 2.05) is 0 Å². The van der Waals surface area contributed by atoms with E-state index in [1.54, 1.807) is 0 Å². The summed E-state index contributed by atoms with van der Waals surface area (Å²) < 4.78 is 25.6. The highest BCUT2D eigenvalue weighted by atomic mass is 32.1. The molecule has 0 aromatic heterocycles. The van der Waals surface area contributed by atoms with Crippen molar-refractivity contribution in [1.82, 2.24) is 0 Å². The Morgan fingerprint density at radius 3 is 2.50 bits per heavy atom. The number of nitrogens with zero attached hydrogens (tertiary/aromatic N) is 1. The smallest absolute Gasteiger partial charge is 0.159 e. The van der Waals surface area contributed by atoms with Gasteiger partial charge in [-0.15, -0.1) is 0 Å². The van der Waals surface area contributed by atoms with Crippen LogP contribution in [0.3, 0.4) is 0 Å². The largest absolute Gasteiger partial charge is 0.287 e. The SMILES string of the molecule is CC(C)(C)CC(=S)CN=Cc1ccc(F)c(F)c1. The monoisotopic (exact) mass is 269 g/mol. The molecule has 0 N–H and O–H groups in total. The van der Waals surface area contributed by atoms with Gasteiger partial charge in [0.25, 0.3) is 0 Å². The number of aliphatic imine (C=N–C) groups is 1. The Kier molecular flexibility index (Phi) is 5.08. The number of benzene rings is 1. The van der Waals surface area contributed by atoms with Crippen LogP contribution in [0.4, 0.5) is 8.78 Å². The van der Waals surface area contributed by atoms with Crippen molar-refractivity contribution in [2.45, 2.75) is 27.2 Å². The van der Waals surface area contributed by atoms with E-state index in [0.717, 1.165) is 23.4 Å². The van der Waals surface area contributed by atoms with E-state index in [9.17, 15) is 8.78 Å². The second kappa shape index (κ2) is 6.14. The maximum atomic E-state index is 12.9. The van der Waals surface area contributed by atoms with Crippen molar-refractivity contribution < 1.29 is 8.78 Å². The summed E-state index contributed by atoms with van der Waals surface area (Å²) >= 11 is 5.22. The summed E-state index contributed by atoms with van der Waals surface area (Å²) in [5, 5.41) is 0.